The van der Waals surface area contributed by atoms with Gasteiger partial charge in [-0.2, -0.15) is 0 Å². The molecular formula is C17H26ClN3O2. The van der Waals surface area contributed by atoms with Crippen LogP contribution in [0.25, 0.3) is 0 Å². The fourth-order valence-electron chi connectivity index (χ4n) is 2.73. The van der Waals surface area contributed by atoms with E-state index in [1.807, 2.05) is 6.07 Å². The molecule has 1 aromatic rings. The number of nitrogens with zero attached hydrogens (tertiary/aromatic N) is 1. The van der Waals surface area contributed by atoms with Crippen LogP contribution in [-0.4, -0.2) is 32.3 Å². The molecule has 0 atom stereocenters. The number of hydrogen-bond donors (Lipinski definition) is 2. The lowest BCUT2D eigenvalue weighted by Crippen LogP contribution is -2.24. The van der Waals surface area contributed by atoms with Crippen molar-refractivity contribution in [1.29, 1.82) is 0 Å². The first-order valence-corrected chi connectivity index (χ1v) is 8.59. The Bertz CT molecular complexity index is 515. The second kappa shape index (κ2) is 9.63. The normalized spacial score (nSPS) is 16.9. The second-order valence-electron chi connectivity index (χ2n) is 5.73. The Labute approximate surface area is 143 Å². The summed E-state index contributed by atoms with van der Waals surface area (Å²) in [6.07, 6.45) is 7.94. The molecule has 2 rings (SSSR count). The van der Waals surface area contributed by atoms with E-state index in [9.17, 15) is 0 Å². The number of aliphatic imine (C=N–C) groups is 1. The molecule has 0 spiro atoms. The monoisotopic (exact) mass is 339 g/mol. The van der Waals surface area contributed by atoms with Gasteiger partial charge in [0.25, 0.3) is 0 Å². The molecule has 1 saturated carbocycles. The second-order valence-corrected chi connectivity index (χ2v) is 6.13. The largest absolute Gasteiger partial charge is 0.495 e. The number of benzene rings is 1. The lowest BCUT2D eigenvalue weighted by atomic mass is 10.1. The topological polar surface area (TPSA) is 68.9 Å². The van der Waals surface area contributed by atoms with Crippen molar-refractivity contribution < 1.29 is 9.47 Å². The molecule has 0 unspecified atom stereocenters. The summed E-state index contributed by atoms with van der Waals surface area (Å²) in [6, 6.07) is 5.38. The van der Waals surface area contributed by atoms with Crippen molar-refractivity contribution in [3.05, 3.63) is 23.2 Å². The van der Waals surface area contributed by atoms with E-state index >= 15 is 0 Å². The van der Waals surface area contributed by atoms with E-state index in [0.717, 1.165) is 5.69 Å². The predicted octanol–water partition coefficient (Wildman–Crippen LogP) is 3.81. The first kappa shape index (κ1) is 17.9. The smallest absolute Gasteiger partial charge is 0.193 e. The molecule has 23 heavy (non-hydrogen) atoms. The summed E-state index contributed by atoms with van der Waals surface area (Å²) in [4.78, 5) is 4.28. The van der Waals surface area contributed by atoms with Gasteiger partial charge in [0.05, 0.1) is 31.4 Å². The molecule has 1 fully saturated rings. The summed E-state index contributed by atoms with van der Waals surface area (Å²) >= 11 is 6.07. The van der Waals surface area contributed by atoms with Gasteiger partial charge < -0.3 is 20.5 Å². The van der Waals surface area contributed by atoms with Gasteiger partial charge in [0.15, 0.2) is 5.96 Å². The van der Waals surface area contributed by atoms with Crippen LogP contribution in [0.4, 0.5) is 5.69 Å². The molecule has 0 amide bonds. The number of anilines is 1. The molecule has 128 valence electrons. The first-order chi connectivity index (χ1) is 11.2. The van der Waals surface area contributed by atoms with Gasteiger partial charge in [0.1, 0.15) is 5.75 Å². The van der Waals surface area contributed by atoms with Crippen LogP contribution in [0.5, 0.6) is 5.75 Å². The average molecular weight is 340 g/mol. The van der Waals surface area contributed by atoms with Crippen LogP contribution in [0.1, 0.15) is 38.5 Å². The molecule has 0 aromatic heterocycles. The van der Waals surface area contributed by atoms with Crippen molar-refractivity contribution in [3.63, 3.8) is 0 Å². The van der Waals surface area contributed by atoms with Gasteiger partial charge in [-0.15, -0.1) is 0 Å². The van der Waals surface area contributed by atoms with Gasteiger partial charge in [0, 0.05) is 5.69 Å². The molecule has 5 nitrogen and oxygen atoms in total. The third kappa shape index (κ3) is 6.28. The predicted molar refractivity (Wildman–Crippen MR) is 95.6 cm³/mol. The average Bonchev–Trinajstić information content (AvgIpc) is 2.80. The molecule has 1 aromatic carbocycles. The standard InChI is InChI=1S/C17H26ClN3O2/c1-22-16-9-8-13(12-15(16)18)21-17(19)20-10-11-23-14-6-4-2-3-5-7-14/h8-9,12,14H,2-7,10-11H2,1H3,(H3,19,20,21). The molecule has 1 aliphatic rings. The molecule has 3 N–H and O–H groups in total. The SMILES string of the molecule is COc1ccc(NC(N)=NCCOC2CCCCCC2)cc1Cl. The summed E-state index contributed by atoms with van der Waals surface area (Å²) in [5, 5.41) is 3.54. The molecular weight excluding hydrogens is 314 g/mol. The van der Waals surface area contributed by atoms with Crippen LogP contribution < -0.4 is 15.8 Å². The highest BCUT2D eigenvalue weighted by molar-refractivity contribution is 6.32. The third-order valence-corrected chi connectivity index (χ3v) is 4.25. The van der Waals surface area contributed by atoms with Crippen molar-refractivity contribution in [1.82, 2.24) is 0 Å². The van der Waals surface area contributed by atoms with Crippen molar-refractivity contribution in [3.8, 4) is 5.75 Å². The summed E-state index contributed by atoms with van der Waals surface area (Å²) in [5.74, 6) is 0.986. The van der Waals surface area contributed by atoms with Crippen LogP contribution >= 0.6 is 11.6 Å². The minimum atomic E-state index is 0.357. The van der Waals surface area contributed by atoms with E-state index in [1.54, 1.807) is 19.2 Å². The van der Waals surface area contributed by atoms with Gasteiger partial charge >= 0.3 is 0 Å². The molecule has 1 aliphatic carbocycles. The third-order valence-electron chi connectivity index (χ3n) is 3.95. The highest BCUT2D eigenvalue weighted by Crippen LogP contribution is 2.27. The number of halogens is 1. The van der Waals surface area contributed by atoms with Gasteiger partial charge in [-0.3, -0.25) is 4.99 Å². The Hall–Kier alpha value is -1.46. The Morgan fingerprint density at radius 1 is 1.30 bits per heavy atom. The molecule has 0 bridgehead atoms. The van der Waals surface area contributed by atoms with Crippen molar-refractivity contribution in [2.45, 2.75) is 44.6 Å². The van der Waals surface area contributed by atoms with Crippen molar-refractivity contribution in [2.75, 3.05) is 25.6 Å². The molecule has 0 heterocycles. The summed E-state index contributed by atoms with van der Waals surface area (Å²) in [7, 11) is 1.58. The van der Waals surface area contributed by atoms with E-state index in [2.05, 4.69) is 10.3 Å². The summed E-state index contributed by atoms with van der Waals surface area (Å²) < 4.78 is 11.0. The Balaban J connectivity index is 1.73. The zero-order valence-corrected chi connectivity index (χ0v) is 14.4. The van der Waals surface area contributed by atoms with E-state index in [-0.39, 0.29) is 0 Å². The van der Waals surface area contributed by atoms with E-state index in [4.69, 9.17) is 26.8 Å². The maximum absolute atomic E-state index is 6.07. The van der Waals surface area contributed by atoms with Crippen LogP contribution in [0.3, 0.4) is 0 Å². The first-order valence-electron chi connectivity index (χ1n) is 8.21. The highest BCUT2D eigenvalue weighted by Gasteiger charge is 2.11. The minimum absolute atomic E-state index is 0.357. The van der Waals surface area contributed by atoms with Crippen molar-refractivity contribution in [2.24, 2.45) is 10.7 Å². The number of guanidine groups is 1. The maximum Gasteiger partial charge on any atom is 0.193 e. The number of rotatable bonds is 6. The number of nitrogens with two attached hydrogens (primary N) is 1. The van der Waals surface area contributed by atoms with Gasteiger partial charge in [-0.25, -0.2) is 0 Å². The zero-order valence-electron chi connectivity index (χ0n) is 13.7. The minimum Gasteiger partial charge on any atom is -0.495 e. The number of hydrogen-bond acceptors (Lipinski definition) is 3. The van der Waals surface area contributed by atoms with E-state index in [0.29, 0.717) is 36.0 Å². The van der Waals surface area contributed by atoms with Gasteiger partial charge in [0.2, 0.25) is 0 Å². The van der Waals surface area contributed by atoms with E-state index in [1.165, 1.54) is 38.5 Å². The number of nitrogens with one attached hydrogen (secondary N) is 1. The molecule has 6 heteroatoms. The highest BCUT2D eigenvalue weighted by atomic mass is 35.5. The lowest BCUT2D eigenvalue weighted by molar-refractivity contribution is 0.0487. The maximum atomic E-state index is 6.07. The van der Waals surface area contributed by atoms with Crippen LogP contribution in [-0.2, 0) is 4.74 Å². The van der Waals surface area contributed by atoms with Crippen LogP contribution in [0.15, 0.2) is 23.2 Å². The lowest BCUT2D eigenvalue weighted by Gasteiger charge is -2.14. The number of ether oxygens (including phenoxy) is 2. The van der Waals surface area contributed by atoms with Gasteiger partial charge in [-0.05, 0) is 31.0 Å². The Kier molecular flexibility index (Phi) is 7.49. The molecule has 0 saturated heterocycles. The molecule has 0 radical (unpaired) electrons. The van der Waals surface area contributed by atoms with Crippen LogP contribution in [0.2, 0.25) is 5.02 Å². The quantitative estimate of drug-likeness (QED) is 0.358. The summed E-state index contributed by atoms with van der Waals surface area (Å²) in [5.41, 5.74) is 6.66. The summed E-state index contributed by atoms with van der Waals surface area (Å²) in [6.45, 7) is 1.16. The molecule has 0 aliphatic heterocycles. The Morgan fingerprint density at radius 3 is 2.70 bits per heavy atom. The fraction of sp³-hybridized carbons (Fsp3) is 0.588. The van der Waals surface area contributed by atoms with Gasteiger partial charge in [-0.1, -0.05) is 37.3 Å². The number of methoxy groups -OCH3 is 1. The fourth-order valence-corrected chi connectivity index (χ4v) is 2.98. The van der Waals surface area contributed by atoms with Crippen molar-refractivity contribution >= 4 is 23.2 Å². The zero-order chi connectivity index (χ0) is 16.5. The van der Waals surface area contributed by atoms with E-state index < -0.39 is 0 Å². The Morgan fingerprint density at radius 2 is 2.04 bits per heavy atom. The van der Waals surface area contributed by atoms with Crippen LogP contribution in [0, 0.1) is 0 Å².